The molecule has 0 spiro atoms. The fourth-order valence-electron chi connectivity index (χ4n) is 3.95. The van der Waals surface area contributed by atoms with E-state index in [0.29, 0.717) is 41.0 Å². The minimum absolute atomic E-state index is 0.0435. The average Bonchev–Trinajstić information content (AvgIpc) is 3.44. The van der Waals surface area contributed by atoms with Crippen LogP contribution in [0.2, 0.25) is 0 Å². The van der Waals surface area contributed by atoms with E-state index in [0.717, 1.165) is 5.56 Å². The lowest BCUT2D eigenvalue weighted by molar-refractivity contribution is -0.132. The Morgan fingerprint density at radius 2 is 1.91 bits per heavy atom. The maximum atomic E-state index is 13.2. The van der Waals surface area contributed by atoms with Gasteiger partial charge in [0.2, 0.25) is 0 Å². The number of anilines is 1. The van der Waals surface area contributed by atoms with Crippen LogP contribution in [0.4, 0.5) is 5.69 Å². The summed E-state index contributed by atoms with van der Waals surface area (Å²) in [6.45, 7) is 6.55. The number of Topliss-reactive ketones (excluding diaryl/α,β-unsaturated/α-hetero) is 1. The van der Waals surface area contributed by atoms with Crippen molar-refractivity contribution in [2.75, 3.05) is 18.6 Å². The van der Waals surface area contributed by atoms with Crippen molar-refractivity contribution in [2.45, 2.75) is 26.8 Å². The number of aliphatic hydroxyl groups is 1. The lowest BCUT2D eigenvalue weighted by atomic mass is 9.98. The molecule has 1 aliphatic rings. The van der Waals surface area contributed by atoms with Crippen LogP contribution in [0.1, 0.15) is 36.8 Å². The predicted molar refractivity (Wildman–Crippen MR) is 128 cm³/mol. The third-order valence-electron chi connectivity index (χ3n) is 5.61. The number of nitrogens with zero attached hydrogens (tertiary/aromatic N) is 1. The van der Waals surface area contributed by atoms with Crippen LogP contribution in [-0.4, -0.2) is 30.5 Å². The Kier molecular flexibility index (Phi) is 6.45. The van der Waals surface area contributed by atoms with E-state index in [4.69, 9.17) is 13.9 Å². The molecule has 0 aliphatic carbocycles. The van der Waals surface area contributed by atoms with Gasteiger partial charge >= 0.3 is 0 Å². The molecule has 7 heteroatoms. The van der Waals surface area contributed by atoms with Gasteiger partial charge in [0.05, 0.1) is 25.6 Å². The van der Waals surface area contributed by atoms with Gasteiger partial charge in [-0.1, -0.05) is 19.9 Å². The molecule has 1 aliphatic heterocycles. The molecule has 0 bridgehead atoms. The summed E-state index contributed by atoms with van der Waals surface area (Å²) in [6.07, 6.45) is 1.46. The van der Waals surface area contributed by atoms with Crippen LogP contribution in [0, 0.1) is 12.8 Å². The number of carbonyl (C=O) groups excluding carboxylic acids is 2. The number of ketones is 1. The summed E-state index contributed by atoms with van der Waals surface area (Å²) in [5.41, 5.74) is 1.63. The van der Waals surface area contributed by atoms with Gasteiger partial charge in [-0.2, -0.15) is 0 Å². The fourth-order valence-corrected chi connectivity index (χ4v) is 3.95. The van der Waals surface area contributed by atoms with E-state index in [1.165, 1.54) is 18.3 Å². The highest BCUT2D eigenvalue weighted by Gasteiger charge is 2.48. The summed E-state index contributed by atoms with van der Waals surface area (Å²) in [5, 5.41) is 11.2. The Bertz CT molecular complexity index is 1240. The van der Waals surface area contributed by atoms with Crippen molar-refractivity contribution < 1.29 is 28.6 Å². The van der Waals surface area contributed by atoms with E-state index in [2.05, 4.69) is 13.8 Å². The van der Waals surface area contributed by atoms with E-state index < -0.39 is 17.7 Å². The van der Waals surface area contributed by atoms with Gasteiger partial charge < -0.3 is 19.0 Å². The van der Waals surface area contributed by atoms with Crippen molar-refractivity contribution in [1.29, 1.82) is 0 Å². The Morgan fingerprint density at radius 1 is 1.12 bits per heavy atom. The van der Waals surface area contributed by atoms with Crippen molar-refractivity contribution in [3.05, 3.63) is 83.3 Å². The van der Waals surface area contributed by atoms with E-state index in [1.54, 1.807) is 54.6 Å². The Morgan fingerprint density at radius 3 is 2.56 bits per heavy atom. The van der Waals surface area contributed by atoms with Gasteiger partial charge in [0.15, 0.2) is 0 Å². The largest absolute Gasteiger partial charge is 0.507 e. The SMILES string of the molecule is COc1cccc(N2C(=O)C(=O)/C(=C(\O)c3ccc(OCC(C)C)c(C)c3)C2c2ccco2)c1. The number of rotatable bonds is 7. The zero-order chi connectivity index (χ0) is 24.4. The number of hydrogen-bond acceptors (Lipinski definition) is 6. The first-order valence-electron chi connectivity index (χ1n) is 11.0. The first kappa shape index (κ1) is 23.2. The predicted octanol–water partition coefficient (Wildman–Crippen LogP) is 5.26. The molecule has 2 heterocycles. The maximum absolute atomic E-state index is 13.2. The maximum Gasteiger partial charge on any atom is 0.300 e. The second-order valence-electron chi connectivity index (χ2n) is 8.57. The molecule has 1 saturated heterocycles. The Hall–Kier alpha value is -4.00. The number of benzene rings is 2. The van der Waals surface area contributed by atoms with Gasteiger partial charge in [-0.15, -0.1) is 0 Å². The van der Waals surface area contributed by atoms with Crippen LogP contribution in [0.25, 0.3) is 5.76 Å². The van der Waals surface area contributed by atoms with Crippen LogP contribution in [0.5, 0.6) is 11.5 Å². The quantitative estimate of drug-likeness (QED) is 0.293. The topological polar surface area (TPSA) is 89.2 Å². The summed E-state index contributed by atoms with van der Waals surface area (Å²) >= 11 is 0. The Balaban J connectivity index is 1.81. The first-order chi connectivity index (χ1) is 16.3. The average molecular weight is 462 g/mol. The molecule has 176 valence electrons. The molecule has 1 fully saturated rings. The van der Waals surface area contributed by atoms with Gasteiger partial charge in [-0.05, 0) is 60.9 Å². The third-order valence-corrected chi connectivity index (χ3v) is 5.61. The van der Waals surface area contributed by atoms with Gasteiger partial charge in [0.1, 0.15) is 29.1 Å². The second-order valence-corrected chi connectivity index (χ2v) is 8.57. The highest BCUT2D eigenvalue weighted by atomic mass is 16.5. The molecule has 3 aromatic rings. The molecule has 1 atom stereocenters. The lowest BCUT2D eigenvalue weighted by Crippen LogP contribution is -2.29. The van der Waals surface area contributed by atoms with E-state index in [-0.39, 0.29) is 11.3 Å². The van der Waals surface area contributed by atoms with Crippen molar-refractivity contribution in [3.63, 3.8) is 0 Å². The molecule has 0 radical (unpaired) electrons. The normalized spacial score (nSPS) is 17.4. The van der Waals surface area contributed by atoms with Crippen LogP contribution >= 0.6 is 0 Å². The number of ether oxygens (including phenoxy) is 2. The fraction of sp³-hybridized carbons (Fsp3) is 0.259. The van der Waals surface area contributed by atoms with Gasteiger partial charge in [-0.3, -0.25) is 14.5 Å². The van der Waals surface area contributed by atoms with E-state index in [1.807, 2.05) is 6.92 Å². The summed E-state index contributed by atoms with van der Waals surface area (Å²) in [7, 11) is 1.52. The molecule has 2 aromatic carbocycles. The van der Waals surface area contributed by atoms with Gasteiger partial charge in [0, 0.05) is 17.3 Å². The summed E-state index contributed by atoms with van der Waals surface area (Å²) in [4.78, 5) is 27.7. The molecule has 4 rings (SSSR count). The molecule has 0 saturated carbocycles. The monoisotopic (exact) mass is 461 g/mol. The molecule has 7 nitrogen and oxygen atoms in total. The number of aliphatic hydroxyl groups excluding tert-OH is 1. The van der Waals surface area contributed by atoms with Crippen molar-refractivity contribution >= 4 is 23.1 Å². The first-order valence-corrected chi connectivity index (χ1v) is 11.0. The van der Waals surface area contributed by atoms with Crippen LogP contribution in [0.3, 0.4) is 0 Å². The number of amides is 1. The van der Waals surface area contributed by atoms with Crippen molar-refractivity contribution in [3.8, 4) is 11.5 Å². The van der Waals surface area contributed by atoms with Crippen molar-refractivity contribution in [1.82, 2.24) is 0 Å². The Labute approximate surface area is 198 Å². The lowest BCUT2D eigenvalue weighted by Gasteiger charge is -2.23. The summed E-state index contributed by atoms with van der Waals surface area (Å²) < 4.78 is 16.7. The number of carbonyl (C=O) groups is 2. The van der Waals surface area contributed by atoms with Gasteiger partial charge in [-0.25, -0.2) is 0 Å². The molecule has 1 amide bonds. The van der Waals surface area contributed by atoms with E-state index in [9.17, 15) is 14.7 Å². The summed E-state index contributed by atoms with van der Waals surface area (Å²) in [6, 6.07) is 14.4. The van der Waals surface area contributed by atoms with E-state index >= 15 is 0 Å². The van der Waals surface area contributed by atoms with Crippen LogP contribution in [0.15, 0.2) is 70.9 Å². The van der Waals surface area contributed by atoms with Crippen LogP contribution in [-0.2, 0) is 9.59 Å². The smallest absolute Gasteiger partial charge is 0.300 e. The minimum Gasteiger partial charge on any atom is -0.507 e. The highest BCUT2D eigenvalue weighted by molar-refractivity contribution is 6.51. The van der Waals surface area contributed by atoms with Gasteiger partial charge in [0.25, 0.3) is 11.7 Å². The third kappa shape index (κ3) is 4.29. The number of aryl methyl sites for hydroxylation is 1. The zero-order valence-electron chi connectivity index (χ0n) is 19.6. The number of furan rings is 1. The zero-order valence-corrected chi connectivity index (χ0v) is 19.6. The molecule has 1 aromatic heterocycles. The highest BCUT2D eigenvalue weighted by Crippen LogP contribution is 2.43. The second kappa shape index (κ2) is 9.47. The number of methoxy groups -OCH3 is 1. The van der Waals surface area contributed by atoms with Crippen LogP contribution < -0.4 is 14.4 Å². The van der Waals surface area contributed by atoms with Crippen molar-refractivity contribution in [2.24, 2.45) is 5.92 Å². The summed E-state index contributed by atoms with van der Waals surface area (Å²) in [5.74, 6) is 0.133. The molecule has 1 unspecified atom stereocenters. The minimum atomic E-state index is -0.931. The molecular weight excluding hydrogens is 434 g/mol. The molecular formula is C27H27NO6. The number of hydrogen-bond donors (Lipinski definition) is 1. The molecule has 1 N–H and O–H groups in total. The molecule has 34 heavy (non-hydrogen) atoms. The standard InChI is InChI=1S/C27H27NO6/c1-16(2)15-34-21-11-10-18(13-17(21)3)25(29)23-24(22-9-6-12-33-22)28(27(31)26(23)30)19-7-5-8-20(14-19)32-4/h5-14,16,24,29H,15H2,1-4H3/b25-23-.